The van der Waals surface area contributed by atoms with Crippen molar-refractivity contribution in [2.24, 2.45) is 11.1 Å². The molecule has 0 aliphatic carbocycles. The van der Waals surface area contributed by atoms with E-state index in [1.165, 1.54) is 0 Å². The molecule has 1 heterocycles. The third-order valence-electron chi connectivity index (χ3n) is 2.37. The second-order valence-electron chi connectivity index (χ2n) is 4.42. The van der Waals surface area contributed by atoms with Crippen molar-refractivity contribution in [2.75, 3.05) is 19.7 Å². The summed E-state index contributed by atoms with van der Waals surface area (Å²) in [4.78, 5) is 13.0. The van der Waals surface area contributed by atoms with Crippen LogP contribution < -0.4 is 5.73 Å². The smallest absolute Gasteiger partial charge is 0.410 e. The van der Waals surface area contributed by atoms with Gasteiger partial charge in [-0.05, 0) is 18.9 Å². The molecule has 0 aromatic carbocycles. The monoisotopic (exact) mass is 186 g/mol. The van der Waals surface area contributed by atoms with Crippen molar-refractivity contribution in [1.29, 1.82) is 0 Å². The van der Waals surface area contributed by atoms with Gasteiger partial charge in [-0.15, -0.1) is 0 Å². The topological polar surface area (TPSA) is 55.6 Å². The lowest BCUT2D eigenvalue weighted by atomic mass is 9.93. The Morgan fingerprint density at radius 3 is 2.69 bits per heavy atom. The van der Waals surface area contributed by atoms with E-state index in [0.717, 1.165) is 0 Å². The summed E-state index contributed by atoms with van der Waals surface area (Å²) in [6.07, 6.45) is -0.214. The van der Waals surface area contributed by atoms with Crippen LogP contribution in [-0.2, 0) is 4.74 Å². The fourth-order valence-corrected chi connectivity index (χ4v) is 1.29. The highest BCUT2D eigenvalue weighted by molar-refractivity contribution is 5.70. The molecule has 0 spiro atoms. The highest BCUT2D eigenvalue weighted by Crippen LogP contribution is 2.20. The predicted octanol–water partition coefficient (Wildman–Crippen LogP) is 0.812. The van der Waals surface area contributed by atoms with Gasteiger partial charge in [0.1, 0.15) is 6.61 Å². The van der Waals surface area contributed by atoms with Crippen LogP contribution in [0.15, 0.2) is 0 Å². The van der Waals surface area contributed by atoms with E-state index in [9.17, 15) is 4.79 Å². The lowest BCUT2D eigenvalue weighted by Gasteiger charge is -2.29. The Balaban J connectivity index is 2.57. The van der Waals surface area contributed by atoms with Gasteiger partial charge >= 0.3 is 6.09 Å². The first-order chi connectivity index (χ1) is 5.96. The summed E-state index contributed by atoms with van der Waals surface area (Å²) in [6.45, 7) is 7.82. The first kappa shape index (κ1) is 10.3. The molecule has 2 N–H and O–H groups in total. The molecule has 0 bridgehead atoms. The first-order valence-electron chi connectivity index (χ1n) is 4.60. The van der Waals surface area contributed by atoms with Gasteiger partial charge < -0.3 is 15.4 Å². The lowest BCUT2D eigenvalue weighted by Crippen LogP contribution is -2.42. The molecule has 1 amide bonds. The summed E-state index contributed by atoms with van der Waals surface area (Å²) in [6, 6.07) is 0.179. The van der Waals surface area contributed by atoms with E-state index in [1.54, 1.807) is 4.90 Å². The molecule has 1 unspecified atom stereocenters. The number of rotatable bonds is 3. The molecule has 76 valence electrons. The maximum atomic E-state index is 11.2. The zero-order chi connectivity index (χ0) is 10.1. The van der Waals surface area contributed by atoms with E-state index >= 15 is 0 Å². The van der Waals surface area contributed by atoms with Crippen LogP contribution in [-0.4, -0.2) is 36.7 Å². The van der Waals surface area contributed by atoms with Crippen LogP contribution in [0.1, 0.15) is 20.8 Å². The third-order valence-corrected chi connectivity index (χ3v) is 2.37. The Morgan fingerprint density at radius 1 is 1.69 bits per heavy atom. The predicted molar refractivity (Wildman–Crippen MR) is 50.4 cm³/mol. The molecule has 1 saturated heterocycles. The number of nitrogens with two attached hydrogens (primary N) is 1. The first-order valence-corrected chi connectivity index (χ1v) is 4.60. The number of carbonyl (C=O) groups is 1. The highest BCUT2D eigenvalue weighted by Gasteiger charge is 2.33. The van der Waals surface area contributed by atoms with Crippen molar-refractivity contribution in [1.82, 2.24) is 4.90 Å². The minimum Gasteiger partial charge on any atom is -0.447 e. The van der Waals surface area contributed by atoms with Crippen LogP contribution in [0, 0.1) is 5.41 Å². The molecular weight excluding hydrogens is 168 g/mol. The van der Waals surface area contributed by atoms with Gasteiger partial charge in [-0.3, -0.25) is 0 Å². The van der Waals surface area contributed by atoms with Crippen LogP contribution >= 0.6 is 0 Å². The normalized spacial score (nSPS) is 23.5. The zero-order valence-electron chi connectivity index (χ0n) is 8.54. The molecule has 0 saturated carbocycles. The molecule has 0 aromatic heterocycles. The number of hydrogen-bond donors (Lipinski definition) is 1. The van der Waals surface area contributed by atoms with Crippen molar-refractivity contribution in [3.05, 3.63) is 0 Å². The number of cyclic esters (lactones) is 1. The molecule has 13 heavy (non-hydrogen) atoms. The minimum atomic E-state index is -0.214. The maximum absolute atomic E-state index is 11.2. The van der Waals surface area contributed by atoms with Crippen molar-refractivity contribution in [3.8, 4) is 0 Å². The Morgan fingerprint density at radius 2 is 2.31 bits per heavy atom. The van der Waals surface area contributed by atoms with E-state index in [-0.39, 0.29) is 17.6 Å². The van der Waals surface area contributed by atoms with Gasteiger partial charge in [0.05, 0.1) is 6.04 Å². The van der Waals surface area contributed by atoms with Crippen LogP contribution in [0.4, 0.5) is 4.79 Å². The average Bonchev–Trinajstić information content (AvgIpc) is 2.36. The van der Waals surface area contributed by atoms with E-state index in [0.29, 0.717) is 19.7 Å². The largest absolute Gasteiger partial charge is 0.447 e. The van der Waals surface area contributed by atoms with Gasteiger partial charge in [-0.25, -0.2) is 4.79 Å². The van der Waals surface area contributed by atoms with E-state index in [1.807, 2.05) is 20.8 Å². The van der Waals surface area contributed by atoms with Gasteiger partial charge in [0, 0.05) is 6.54 Å². The summed E-state index contributed by atoms with van der Waals surface area (Å²) in [5, 5.41) is 0. The lowest BCUT2D eigenvalue weighted by molar-refractivity contribution is 0.143. The average molecular weight is 186 g/mol. The van der Waals surface area contributed by atoms with Gasteiger partial charge in [-0.2, -0.15) is 0 Å². The third kappa shape index (κ3) is 2.34. The van der Waals surface area contributed by atoms with E-state index in [4.69, 9.17) is 10.5 Å². The summed E-state index contributed by atoms with van der Waals surface area (Å²) in [7, 11) is 0. The Hall–Kier alpha value is -0.770. The molecule has 1 aliphatic heterocycles. The molecule has 1 fully saturated rings. The highest BCUT2D eigenvalue weighted by atomic mass is 16.6. The van der Waals surface area contributed by atoms with Crippen molar-refractivity contribution in [2.45, 2.75) is 26.8 Å². The number of hydrogen-bond acceptors (Lipinski definition) is 3. The summed E-state index contributed by atoms with van der Waals surface area (Å²) >= 11 is 0. The SMILES string of the molecule is CC1COC(=O)N1CC(C)(C)CN. The number of amides is 1. The Labute approximate surface area is 79.0 Å². The number of ether oxygens (including phenoxy) is 1. The van der Waals surface area contributed by atoms with Crippen LogP contribution in [0.5, 0.6) is 0 Å². The van der Waals surface area contributed by atoms with Crippen LogP contribution in [0.3, 0.4) is 0 Å². The van der Waals surface area contributed by atoms with Gasteiger partial charge in [0.2, 0.25) is 0 Å². The van der Waals surface area contributed by atoms with E-state index < -0.39 is 0 Å². The van der Waals surface area contributed by atoms with Crippen LogP contribution in [0.25, 0.3) is 0 Å². The molecule has 1 aliphatic rings. The standard InChI is InChI=1S/C9H18N2O2/c1-7-4-13-8(12)11(7)6-9(2,3)5-10/h7H,4-6,10H2,1-3H3. The summed E-state index contributed by atoms with van der Waals surface area (Å²) in [5.41, 5.74) is 5.57. The fourth-order valence-electron chi connectivity index (χ4n) is 1.29. The molecule has 0 aromatic rings. The quantitative estimate of drug-likeness (QED) is 0.709. The van der Waals surface area contributed by atoms with Crippen molar-refractivity contribution in [3.63, 3.8) is 0 Å². The molecule has 1 atom stereocenters. The summed E-state index contributed by atoms with van der Waals surface area (Å²) < 4.78 is 4.91. The van der Waals surface area contributed by atoms with Crippen molar-refractivity contribution >= 4 is 6.09 Å². The second-order valence-corrected chi connectivity index (χ2v) is 4.42. The van der Waals surface area contributed by atoms with Crippen molar-refractivity contribution < 1.29 is 9.53 Å². The van der Waals surface area contributed by atoms with E-state index in [2.05, 4.69) is 0 Å². The van der Waals surface area contributed by atoms with Gasteiger partial charge in [0.25, 0.3) is 0 Å². The van der Waals surface area contributed by atoms with Gasteiger partial charge in [-0.1, -0.05) is 13.8 Å². The Bertz CT molecular complexity index is 204. The molecule has 4 heteroatoms. The molecule has 1 rings (SSSR count). The second kappa shape index (κ2) is 3.54. The minimum absolute atomic E-state index is 0.0301. The zero-order valence-corrected chi connectivity index (χ0v) is 8.54. The molecule has 4 nitrogen and oxygen atoms in total. The molecular formula is C9H18N2O2. The summed E-state index contributed by atoms with van der Waals surface area (Å²) in [5.74, 6) is 0. The Kier molecular flexibility index (Phi) is 2.81. The van der Waals surface area contributed by atoms with Crippen LogP contribution in [0.2, 0.25) is 0 Å². The van der Waals surface area contributed by atoms with Gasteiger partial charge in [0.15, 0.2) is 0 Å². The molecule has 0 radical (unpaired) electrons. The number of nitrogens with zero attached hydrogens (tertiary/aromatic N) is 1. The maximum Gasteiger partial charge on any atom is 0.410 e. The fraction of sp³-hybridized carbons (Fsp3) is 0.889. The number of carbonyl (C=O) groups excluding carboxylic acids is 1.